The molecule has 6 nitrogen and oxygen atoms in total. The third-order valence-corrected chi connectivity index (χ3v) is 7.44. The summed E-state index contributed by atoms with van der Waals surface area (Å²) in [5.41, 5.74) is 0.581. The van der Waals surface area contributed by atoms with Crippen molar-refractivity contribution < 1.29 is 17.9 Å². The summed E-state index contributed by atoms with van der Waals surface area (Å²) in [6.45, 7) is 2.67. The number of ether oxygens (including phenoxy) is 1. The summed E-state index contributed by atoms with van der Waals surface area (Å²) >= 11 is 1.61. The lowest BCUT2D eigenvalue weighted by Crippen LogP contribution is -2.52. The highest BCUT2D eigenvalue weighted by Crippen LogP contribution is 2.27. The van der Waals surface area contributed by atoms with E-state index in [1.54, 1.807) is 18.9 Å². The van der Waals surface area contributed by atoms with Crippen LogP contribution < -0.4 is 4.74 Å². The van der Waals surface area contributed by atoms with Crippen LogP contribution in [0.5, 0.6) is 5.75 Å². The molecule has 8 heteroatoms. The minimum Gasteiger partial charge on any atom is -0.496 e. The zero-order chi connectivity index (χ0) is 18.0. The van der Waals surface area contributed by atoms with E-state index >= 15 is 0 Å². The number of carbonyl (C=O) groups is 1. The molecule has 0 N–H and O–H groups in total. The average Bonchev–Trinajstić information content (AvgIpc) is 3.00. The molecule has 2 aliphatic heterocycles. The number of benzene rings is 1. The number of amides is 1. The van der Waals surface area contributed by atoms with Gasteiger partial charge in [0.2, 0.25) is 0 Å². The smallest absolute Gasteiger partial charge is 0.257 e. The van der Waals surface area contributed by atoms with Crippen molar-refractivity contribution in [2.45, 2.75) is 17.4 Å². The summed E-state index contributed by atoms with van der Waals surface area (Å²) in [7, 11) is -1.30. The Kier molecular flexibility index (Phi) is 5.60. The molecule has 1 aromatic carbocycles. The van der Waals surface area contributed by atoms with Crippen molar-refractivity contribution in [1.29, 1.82) is 0 Å². The van der Waals surface area contributed by atoms with Crippen molar-refractivity contribution in [3.05, 3.63) is 23.8 Å². The fourth-order valence-electron chi connectivity index (χ4n) is 3.50. The van der Waals surface area contributed by atoms with Crippen molar-refractivity contribution in [3.8, 4) is 5.75 Å². The van der Waals surface area contributed by atoms with Gasteiger partial charge in [-0.2, -0.15) is 0 Å². The molecule has 25 heavy (non-hydrogen) atoms. The fraction of sp³-hybridized carbons (Fsp3) is 0.588. The van der Waals surface area contributed by atoms with Gasteiger partial charge in [0.05, 0.1) is 24.2 Å². The van der Waals surface area contributed by atoms with E-state index in [9.17, 15) is 13.2 Å². The Morgan fingerprint density at radius 1 is 1.24 bits per heavy atom. The summed E-state index contributed by atoms with van der Waals surface area (Å²) in [5, 5.41) is 0. The number of hydrogen-bond donors (Lipinski definition) is 0. The van der Waals surface area contributed by atoms with Gasteiger partial charge in [-0.1, -0.05) is 0 Å². The SMILES string of the molecule is COc1cc(SC)ccc1C(=O)N1CCN([C@H]2CCS(=O)(=O)C2)CC1. The Balaban J connectivity index is 1.64. The number of hydrogen-bond acceptors (Lipinski definition) is 6. The molecule has 2 saturated heterocycles. The predicted molar refractivity (Wildman–Crippen MR) is 99.3 cm³/mol. The van der Waals surface area contributed by atoms with Crippen LogP contribution in [0.2, 0.25) is 0 Å². The molecule has 1 atom stereocenters. The second-order valence-electron chi connectivity index (χ2n) is 6.45. The molecule has 0 saturated carbocycles. The van der Waals surface area contributed by atoms with E-state index in [1.807, 2.05) is 29.4 Å². The Morgan fingerprint density at radius 3 is 2.52 bits per heavy atom. The largest absolute Gasteiger partial charge is 0.496 e. The molecule has 0 unspecified atom stereocenters. The number of piperazine rings is 1. The Morgan fingerprint density at radius 2 is 1.96 bits per heavy atom. The van der Waals surface area contributed by atoms with Crippen molar-refractivity contribution >= 4 is 27.5 Å². The first-order chi connectivity index (χ1) is 11.9. The van der Waals surface area contributed by atoms with Gasteiger partial charge in [0.1, 0.15) is 5.75 Å². The van der Waals surface area contributed by atoms with E-state index in [0.717, 1.165) is 18.0 Å². The number of thioether (sulfide) groups is 1. The third-order valence-electron chi connectivity index (χ3n) is 4.97. The maximum Gasteiger partial charge on any atom is 0.257 e. The van der Waals surface area contributed by atoms with Crippen molar-refractivity contribution in [1.82, 2.24) is 9.80 Å². The fourth-order valence-corrected chi connectivity index (χ4v) is 5.69. The predicted octanol–water partition coefficient (Wildman–Crippen LogP) is 1.36. The molecule has 138 valence electrons. The quantitative estimate of drug-likeness (QED) is 0.731. The standard InChI is InChI=1S/C17H24N2O4S2/c1-23-16-11-14(24-2)3-4-15(16)17(20)19-8-6-18(7-9-19)13-5-10-25(21,22)12-13/h3-4,11,13H,5-10,12H2,1-2H3/t13-/m0/s1. The monoisotopic (exact) mass is 384 g/mol. The first-order valence-corrected chi connectivity index (χ1v) is 11.4. The zero-order valence-electron chi connectivity index (χ0n) is 14.6. The molecule has 1 amide bonds. The summed E-state index contributed by atoms with van der Waals surface area (Å²) in [5.74, 6) is 1.12. The number of nitrogens with zero attached hydrogens (tertiary/aromatic N) is 2. The molecule has 0 aliphatic carbocycles. The summed E-state index contributed by atoms with van der Waals surface area (Å²) in [4.78, 5) is 17.9. The maximum absolute atomic E-state index is 12.8. The number of rotatable bonds is 4. The topological polar surface area (TPSA) is 66.9 Å². The van der Waals surface area contributed by atoms with Crippen molar-refractivity contribution in [2.24, 2.45) is 0 Å². The molecule has 0 radical (unpaired) electrons. The van der Waals surface area contributed by atoms with Crippen LogP contribution in [0.15, 0.2) is 23.1 Å². The van der Waals surface area contributed by atoms with Crippen molar-refractivity contribution in [3.63, 3.8) is 0 Å². The molecular formula is C17H24N2O4S2. The maximum atomic E-state index is 12.8. The lowest BCUT2D eigenvalue weighted by atomic mass is 10.1. The van der Waals surface area contributed by atoms with Crippen LogP contribution in [0.4, 0.5) is 0 Å². The molecule has 2 fully saturated rings. The minimum atomic E-state index is -2.87. The first-order valence-electron chi connectivity index (χ1n) is 8.39. The molecular weight excluding hydrogens is 360 g/mol. The Bertz CT molecular complexity index is 743. The van der Waals surface area contributed by atoms with Gasteiger partial charge in [-0.05, 0) is 30.9 Å². The van der Waals surface area contributed by atoms with Gasteiger partial charge in [0, 0.05) is 37.1 Å². The van der Waals surface area contributed by atoms with Crippen LogP contribution in [0.3, 0.4) is 0 Å². The Hall–Kier alpha value is -1.25. The first kappa shape index (κ1) is 18.5. The van der Waals surface area contributed by atoms with Crippen molar-refractivity contribution in [2.75, 3.05) is 51.1 Å². The van der Waals surface area contributed by atoms with Gasteiger partial charge < -0.3 is 9.64 Å². The lowest BCUT2D eigenvalue weighted by molar-refractivity contribution is 0.0584. The van der Waals surface area contributed by atoms with Gasteiger partial charge in [0.15, 0.2) is 9.84 Å². The average molecular weight is 385 g/mol. The molecule has 3 rings (SSSR count). The van der Waals surface area contributed by atoms with Gasteiger partial charge in [-0.15, -0.1) is 11.8 Å². The molecule has 2 aliphatic rings. The van der Waals surface area contributed by atoms with Gasteiger partial charge >= 0.3 is 0 Å². The van der Waals surface area contributed by atoms with Gasteiger partial charge in [-0.3, -0.25) is 9.69 Å². The number of carbonyl (C=O) groups excluding carboxylic acids is 1. The lowest BCUT2D eigenvalue weighted by Gasteiger charge is -2.37. The van der Waals surface area contributed by atoms with Crippen LogP contribution in [0.1, 0.15) is 16.8 Å². The van der Waals surface area contributed by atoms with Crippen LogP contribution >= 0.6 is 11.8 Å². The normalized spacial score (nSPS) is 23.6. The van der Waals surface area contributed by atoms with Gasteiger partial charge in [-0.25, -0.2) is 8.42 Å². The molecule has 0 aromatic heterocycles. The highest BCUT2D eigenvalue weighted by atomic mass is 32.2. The van der Waals surface area contributed by atoms with E-state index in [2.05, 4.69) is 4.90 Å². The van der Waals surface area contributed by atoms with E-state index in [0.29, 0.717) is 30.8 Å². The van der Waals surface area contributed by atoms with Gasteiger partial charge in [0.25, 0.3) is 5.91 Å². The molecule has 1 aromatic rings. The van der Waals surface area contributed by atoms with E-state index in [-0.39, 0.29) is 23.5 Å². The van der Waals surface area contributed by atoms with E-state index < -0.39 is 9.84 Å². The summed E-state index contributed by atoms with van der Waals surface area (Å²) in [6.07, 6.45) is 2.69. The minimum absolute atomic E-state index is 0.0248. The Labute approximate surface area is 153 Å². The van der Waals surface area contributed by atoms with E-state index in [4.69, 9.17) is 4.74 Å². The second kappa shape index (κ2) is 7.55. The number of methoxy groups -OCH3 is 1. The molecule has 0 spiro atoms. The van der Waals surface area contributed by atoms with Crippen LogP contribution in [0, 0.1) is 0 Å². The number of sulfone groups is 1. The van der Waals surface area contributed by atoms with Crippen LogP contribution in [0.25, 0.3) is 0 Å². The summed E-state index contributed by atoms with van der Waals surface area (Å²) in [6, 6.07) is 5.75. The molecule has 0 bridgehead atoms. The highest BCUT2D eigenvalue weighted by Gasteiger charge is 2.34. The molecule has 2 heterocycles. The summed E-state index contributed by atoms with van der Waals surface area (Å²) < 4.78 is 28.7. The zero-order valence-corrected chi connectivity index (χ0v) is 16.2. The third kappa shape index (κ3) is 4.12. The second-order valence-corrected chi connectivity index (χ2v) is 9.56. The van der Waals surface area contributed by atoms with Crippen LogP contribution in [-0.2, 0) is 9.84 Å². The van der Waals surface area contributed by atoms with Crippen LogP contribution in [-0.4, -0.2) is 81.2 Å². The highest BCUT2D eigenvalue weighted by molar-refractivity contribution is 7.98. The van der Waals surface area contributed by atoms with E-state index in [1.165, 1.54) is 0 Å².